The molecule has 1 rings (SSSR count). The van der Waals surface area contributed by atoms with Crippen molar-refractivity contribution in [2.45, 2.75) is 138 Å². The molecule has 1 heterocycles. The van der Waals surface area contributed by atoms with E-state index in [9.17, 15) is 4.79 Å². The Bertz CT molecular complexity index is 626. The zero-order valence-electron chi connectivity index (χ0n) is 22.5. The molecule has 0 aliphatic heterocycles. The summed E-state index contributed by atoms with van der Waals surface area (Å²) in [5, 5.41) is 0. The molecule has 0 unspecified atom stereocenters. The average molecular weight is 438 g/mol. The van der Waals surface area contributed by atoms with Crippen LogP contribution in [0, 0.1) is 10.8 Å². The summed E-state index contributed by atoms with van der Waals surface area (Å²) in [6, 6.07) is 4.41. The third-order valence-electron chi connectivity index (χ3n) is 7.45. The van der Waals surface area contributed by atoms with E-state index < -0.39 is 0 Å². The Hall–Kier alpha value is -0.850. The van der Waals surface area contributed by atoms with Crippen LogP contribution in [0.3, 0.4) is 0 Å². The summed E-state index contributed by atoms with van der Waals surface area (Å²) < 4.78 is 0. The Morgan fingerprint density at radius 3 is 2.00 bits per heavy atom. The third kappa shape index (κ3) is 11.3. The summed E-state index contributed by atoms with van der Waals surface area (Å²) in [7, 11) is 0.699. The van der Waals surface area contributed by atoms with Gasteiger partial charge in [-0.05, 0) is 0 Å². The Morgan fingerprint density at radius 2 is 1.44 bits per heavy atom. The second-order valence-corrected chi connectivity index (χ2v) is 11.3. The molecular weight excluding hydrogens is 386 g/mol. The molecule has 0 saturated carbocycles. The molecule has 180 valence electrons. The van der Waals surface area contributed by atoms with Gasteiger partial charge >= 0.3 is 202 Å². The van der Waals surface area contributed by atoms with Gasteiger partial charge in [-0.2, -0.15) is 0 Å². The van der Waals surface area contributed by atoms with Gasteiger partial charge in [0.2, 0.25) is 0 Å². The number of carbonyl (C=O) groups is 1. The van der Waals surface area contributed by atoms with E-state index in [0.717, 1.165) is 25.6 Å². The quantitative estimate of drug-likeness (QED) is 0.157. The molecule has 0 radical (unpaired) electrons. The maximum absolute atomic E-state index is 13.5. The van der Waals surface area contributed by atoms with E-state index in [1.807, 2.05) is 0 Å². The number of hydrogen-bond acceptors (Lipinski definition) is 1. The van der Waals surface area contributed by atoms with E-state index >= 15 is 0 Å². The molecule has 0 aliphatic carbocycles. The number of unbranched alkanes of at least 4 members (excludes halogenated alkanes) is 7. The number of carbonyl (C=O) groups excluding carboxylic acids is 1. The second kappa shape index (κ2) is 15.9. The molecule has 0 saturated heterocycles. The molecule has 1 nitrogen and oxygen atoms in total. The molecule has 32 heavy (non-hydrogen) atoms. The van der Waals surface area contributed by atoms with Gasteiger partial charge in [0, 0.05) is 0 Å². The zero-order chi connectivity index (χ0) is 23.9. The van der Waals surface area contributed by atoms with Crippen molar-refractivity contribution in [1.82, 2.24) is 0 Å². The molecule has 3 heteroatoms. The fraction of sp³-hybridized carbons (Fsp3) is 0.793. The van der Waals surface area contributed by atoms with Crippen LogP contribution in [0.15, 0.2) is 18.1 Å². The van der Waals surface area contributed by atoms with Crippen molar-refractivity contribution in [3.05, 3.63) is 29.1 Å². The number of hydrogen-bond donors (Lipinski definition) is 0. The van der Waals surface area contributed by atoms with Gasteiger partial charge in [0.05, 0.1) is 0 Å². The van der Waals surface area contributed by atoms with Crippen molar-refractivity contribution >= 4 is 19.9 Å². The molecule has 1 aromatic heterocycles. The van der Waals surface area contributed by atoms with Gasteiger partial charge in [0.15, 0.2) is 0 Å². The minimum atomic E-state index is -0.128. The summed E-state index contributed by atoms with van der Waals surface area (Å²) in [4.78, 5) is 13.5. The van der Waals surface area contributed by atoms with Crippen molar-refractivity contribution < 1.29 is 4.79 Å². The van der Waals surface area contributed by atoms with Gasteiger partial charge in [-0.15, -0.1) is 0 Å². The van der Waals surface area contributed by atoms with E-state index in [0.29, 0.717) is 18.4 Å². The van der Waals surface area contributed by atoms with Gasteiger partial charge in [-0.3, -0.25) is 0 Å². The first-order chi connectivity index (χ1) is 15.3. The van der Waals surface area contributed by atoms with E-state index in [1.54, 1.807) is 0 Å². The Balaban J connectivity index is 2.79. The van der Waals surface area contributed by atoms with Crippen LogP contribution in [0.4, 0.5) is 0 Å². The molecule has 0 amide bonds. The molecule has 0 N–H and O–H groups in total. The van der Waals surface area contributed by atoms with Crippen molar-refractivity contribution in [2.24, 2.45) is 10.8 Å². The first kappa shape index (κ1) is 29.2. The van der Waals surface area contributed by atoms with E-state index in [-0.39, 0.29) is 5.41 Å². The standard InChI is InChI=1S/C29H52B2O/c1-7-10-13-15-20-29(6,21-16-14-11-8-2)27(32)31-24-25-18-17-22-30-26(25)23-28(4,5)19-12-9-3/h17-18,22,31H,7-16,19-21,23-24H2,1-6H3. The van der Waals surface area contributed by atoms with Crippen LogP contribution >= 0.6 is 0 Å². The molecule has 0 spiro atoms. The average Bonchev–Trinajstić information content (AvgIpc) is 2.77. The first-order valence-corrected chi connectivity index (χ1v) is 13.9. The molecule has 0 aromatic carbocycles. The summed E-state index contributed by atoms with van der Waals surface area (Å²) in [5.74, 6) is 2.17. The van der Waals surface area contributed by atoms with E-state index in [4.69, 9.17) is 0 Å². The Labute approximate surface area is 202 Å². The van der Waals surface area contributed by atoms with Crippen LogP contribution in [0.5, 0.6) is 0 Å². The molecule has 0 fully saturated rings. The predicted molar refractivity (Wildman–Crippen MR) is 146 cm³/mol. The van der Waals surface area contributed by atoms with Crippen LogP contribution in [0.1, 0.15) is 136 Å². The predicted octanol–water partition coefficient (Wildman–Crippen LogP) is 8.19. The topological polar surface area (TPSA) is 17.1 Å². The molecular formula is C29H52B2O. The van der Waals surface area contributed by atoms with Crippen LogP contribution in [0.25, 0.3) is 0 Å². The van der Waals surface area contributed by atoms with Gasteiger partial charge < -0.3 is 0 Å². The number of rotatable bonds is 19. The summed E-state index contributed by atoms with van der Waals surface area (Å²) in [6.45, 7) is 16.2. The summed E-state index contributed by atoms with van der Waals surface area (Å²) in [6.07, 6.45) is 18.0. The summed E-state index contributed by atoms with van der Waals surface area (Å²) >= 11 is 0. The third-order valence-corrected chi connectivity index (χ3v) is 7.45. The Morgan fingerprint density at radius 1 is 0.844 bits per heavy atom. The fourth-order valence-electron chi connectivity index (χ4n) is 5.07. The Kier molecular flexibility index (Phi) is 14.5. The molecule has 0 atom stereocenters. The van der Waals surface area contributed by atoms with Crippen molar-refractivity contribution in [1.29, 1.82) is 0 Å². The van der Waals surface area contributed by atoms with Gasteiger partial charge in [0.25, 0.3) is 0 Å². The normalized spacial score (nSPS) is 12.1. The van der Waals surface area contributed by atoms with Crippen LogP contribution in [-0.2, 0) is 17.5 Å². The van der Waals surface area contributed by atoms with Crippen molar-refractivity contribution in [2.75, 3.05) is 0 Å². The second-order valence-electron chi connectivity index (χ2n) is 11.3. The van der Waals surface area contributed by atoms with Gasteiger partial charge in [-0.1, -0.05) is 0 Å². The first-order valence-electron chi connectivity index (χ1n) is 13.9. The monoisotopic (exact) mass is 438 g/mol. The summed E-state index contributed by atoms with van der Waals surface area (Å²) in [5.41, 5.74) is 3.55. The SMILES string of the molecule is CCCCCCC(C)(CCCCCC)C(=O)BCc1cccbc1CC(C)(C)CCCC. The molecule has 0 aliphatic rings. The molecule has 1 aromatic rings. The fourth-order valence-corrected chi connectivity index (χ4v) is 5.07. The molecule has 0 bridgehead atoms. The van der Waals surface area contributed by atoms with Gasteiger partial charge in [0.1, 0.15) is 0 Å². The van der Waals surface area contributed by atoms with Crippen LogP contribution < -0.4 is 0 Å². The van der Waals surface area contributed by atoms with Crippen molar-refractivity contribution in [3.63, 3.8) is 0 Å². The minimum absolute atomic E-state index is 0.128. The van der Waals surface area contributed by atoms with E-state index in [2.05, 4.69) is 66.5 Å². The van der Waals surface area contributed by atoms with Crippen LogP contribution in [0.2, 0.25) is 0 Å². The van der Waals surface area contributed by atoms with E-state index in [1.165, 1.54) is 81.7 Å². The zero-order valence-corrected chi connectivity index (χ0v) is 22.5. The van der Waals surface area contributed by atoms with Crippen LogP contribution in [-0.4, -0.2) is 19.9 Å². The maximum atomic E-state index is 13.5. The van der Waals surface area contributed by atoms with Gasteiger partial charge in [-0.25, -0.2) is 0 Å². The van der Waals surface area contributed by atoms with Crippen molar-refractivity contribution in [3.8, 4) is 0 Å².